The largest absolute Gasteiger partial charge is 0.340 e. The molecule has 5 rings (SSSR count). The fourth-order valence-electron chi connectivity index (χ4n) is 4.12. The quantitative estimate of drug-likeness (QED) is 0.472. The lowest BCUT2D eigenvalue weighted by atomic mass is 9.99. The van der Waals surface area contributed by atoms with Crippen LogP contribution in [0.5, 0.6) is 0 Å². The number of para-hydroxylation sites is 1. The normalized spacial score (nSPS) is 15.8. The number of nitrogens with zero attached hydrogens (tertiary/aromatic N) is 5. The number of piperidine rings is 1. The van der Waals surface area contributed by atoms with Crippen LogP contribution in [0.4, 0.5) is 11.5 Å². The van der Waals surface area contributed by atoms with E-state index in [2.05, 4.69) is 15.3 Å². The molecule has 0 bridgehead atoms. The van der Waals surface area contributed by atoms with E-state index < -0.39 is 0 Å². The molecule has 1 unspecified atom stereocenters. The second kappa shape index (κ2) is 9.56. The molecule has 1 amide bonds. The van der Waals surface area contributed by atoms with Gasteiger partial charge >= 0.3 is 0 Å². The predicted octanol–water partition coefficient (Wildman–Crippen LogP) is 5.04. The minimum atomic E-state index is -0.197. The smallest absolute Gasteiger partial charge is 0.254 e. The maximum atomic E-state index is 13.3. The van der Waals surface area contributed by atoms with Crippen molar-refractivity contribution in [2.24, 2.45) is 0 Å². The summed E-state index contributed by atoms with van der Waals surface area (Å²) >= 11 is 0. The van der Waals surface area contributed by atoms with Crippen molar-refractivity contribution in [1.82, 2.24) is 24.8 Å². The summed E-state index contributed by atoms with van der Waals surface area (Å²) in [5, 5.41) is 3.39. The third-order valence-corrected chi connectivity index (χ3v) is 5.75. The average molecular weight is 437 g/mol. The van der Waals surface area contributed by atoms with E-state index in [1.807, 2.05) is 53.4 Å². The molecule has 4 heterocycles. The van der Waals surface area contributed by atoms with Crippen LogP contribution in [0.2, 0.25) is 0 Å². The number of benzene rings is 1. The number of carbonyl (C=O) groups excluding carboxylic acids is 1. The number of likely N-dealkylation sites (tertiary alicyclic amines) is 1. The van der Waals surface area contributed by atoms with Gasteiger partial charge in [-0.3, -0.25) is 14.8 Å². The van der Waals surface area contributed by atoms with E-state index >= 15 is 0 Å². The van der Waals surface area contributed by atoms with Gasteiger partial charge in [0, 0.05) is 54.2 Å². The standard InChI is InChI=1S/C26H24N6O/c33-26(20-11-15-28-16-12-20)32-17-5-4-8-23(32)25-30-22(19-9-13-27-14-10-19)18-24(31-25)29-21-6-2-1-3-7-21/h1-3,6-7,9-16,18,23H,4-5,8,17H2,(H,29,30,31). The zero-order valence-electron chi connectivity index (χ0n) is 18.1. The van der Waals surface area contributed by atoms with Gasteiger partial charge in [0.05, 0.1) is 11.7 Å². The molecule has 1 N–H and O–H groups in total. The van der Waals surface area contributed by atoms with Gasteiger partial charge in [0.25, 0.3) is 5.91 Å². The summed E-state index contributed by atoms with van der Waals surface area (Å²) in [4.78, 5) is 33.2. The first-order valence-electron chi connectivity index (χ1n) is 11.1. The molecule has 7 nitrogen and oxygen atoms in total. The third kappa shape index (κ3) is 4.72. The summed E-state index contributed by atoms with van der Waals surface area (Å²) in [6.45, 7) is 0.677. The molecule has 1 aliphatic heterocycles. The average Bonchev–Trinajstić information content (AvgIpc) is 2.90. The highest BCUT2D eigenvalue weighted by molar-refractivity contribution is 5.94. The highest BCUT2D eigenvalue weighted by Gasteiger charge is 2.31. The number of nitrogens with one attached hydrogen (secondary N) is 1. The number of amides is 1. The van der Waals surface area contributed by atoms with Crippen LogP contribution in [0.15, 0.2) is 85.5 Å². The molecule has 4 aromatic rings. The van der Waals surface area contributed by atoms with Crippen molar-refractivity contribution in [2.75, 3.05) is 11.9 Å². The van der Waals surface area contributed by atoms with E-state index in [9.17, 15) is 4.79 Å². The maximum Gasteiger partial charge on any atom is 0.254 e. The summed E-state index contributed by atoms with van der Waals surface area (Å²) < 4.78 is 0. The molecule has 7 heteroatoms. The molecule has 0 aliphatic carbocycles. The first kappa shape index (κ1) is 20.8. The summed E-state index contributed by atoms with van der Waals surface area (Å²) in [6, 6.07) is 19.0. The van der Waals surface area contributed by atoms with Crippen LogP contribution in [0, 0.1) is 0 Å². The SMILES string of the molecule is O=C(c1ccncc1)N1CCCCC1c1nc(Nc2ccccc2)cc(-c2ccncc2)n1. The fourth-order valence-corrected chi connectivity index (χ4v) is 4.12. The Balaban J connectivity index is 1.55. The number of anilines is 2. The van der Waals surface area contributed by atoms with Gasteiger partial charge in [-0.05, 0) is 55.7 Å². The van der Waals surface area contributed by atoms with E-state index in [1.165, 1.54) is 0 Å². The molecule has 3 aromatic heterocycles. The van der Waals surface area contributed by atoms with Crippen LogP contribution in [0.3, 0.4) is 0 Å². The van der Waals surface area contributed by atoms with Gasteiger partial charge in [0.15, 0.2) is 5.82 Å². The lowest BCUT2D eigenvalue weighted by Gasteiger charge is -2.35. The predicted molar refractivity (Wildman–Crippen MR) is 127 cm³/mol. The Morgan fingerprint density at radius 1 is 0.879 bits per heavy atom. The van der Waals surface area contributed by atoms with Crippen molar-refractivity contribution in [3.05, 3.63) is 96.8 Å². The van der Waals surface area contributed by atoms with Gasteiger partial charge < -0.3 is 10.2 Å². The van der Waals surface area contributed by atoms with Gasteiger partial charge in [-0.2, -0.15) is 0 Å². The van der Waals surface area contributed by atoms with Gasteiger partial charge in [0.1, 0.15) is 5.82 Å². The number of rotatable bonds is 5. The molecular weight excluding hydrogens is 412 g/mol. The van der Waals surface area contributed by atoms with Crippen molar-refractivity contribution in [3.63, 3.8) is 0 Å². The number of pyridine rings is 2. The summed E-state index contributed by atoms with van der Waals surface area (Å²) in [5.41, 5.74) is 3.32. The van der Waals surface area contributed by atoms with Gasteiger partial charge in [0.2, 0.25) is 0 Å². The number of hydrogen-bond acceptors (Lipinski definition) is 6. The van der Waals surface area contributed by atoms with Crippen LogP contribution in [-0.2, 0) is 0 Å². The van der Waals surface area contributed by atoms with Crippen LogP contribution < -0.4 is 5.32 Å². The zero-order chi connectivity index (χ0) is 22.5. The Kier molecular flexibility index (Phi) is 6.01. The van der Waals surface area contributed by atoms with Gasteiger partial charge in [-0.1, -0.05) is 18.2 Å². The van der Waals surface area contributed by atoms with Crippen LogP contribution in [-0.4, -0.2) is 37.3 Å². The fraction of sp³-hybridized carbons (Fsp3) is 0.192. The van der Waals surface area contributed by atoms with E-state index in [0.29, 0.717) is 23.8 Å². The van der Waals surface area contributed by atoms with Crippen LogP contribution in [0.25, 0.3) is 11.3 Å². The monoisotopic (exact) mass is 436 g/mol. The van der Waals surface area contributed by atoms with Crippen molar-refractivity contribution < 1.29 is 4.79 Å². The number of hydrogen-bond donors (Lipinski definition) is 1. The Bertz CT molecular complexity index is 1220. The molecule has 0 saturated carbocycles. The van der Waals surface area contributed by atoms with Crippen molar-refractivity contribution in [3.8, 4) is 11.3 Å². The lowest BCUT2D eigenvalue weighted by Crippen LogP contribution is -2.39. The molecule has 1 saturated heterocycles. The number of aromatic nitrogens is 4. The van der Waals surface area contributed by atoms with E-state index in [1.54, 1.807) is 36.9 Å². The van der Waals surface area contributed by atoms with Gasteiger partial charge in [-0.15, -0.1) is 0 Å². The summed E-state index contributed by atoms with van der Waals surface area (Å²) in [7, 11) is 0. The molecule has 0 radical (unpaired) electrons. The highest BCUT2D eigenvalue weighted by atomic mass is 16.2. The molecule has 1 atom stereocenters. The Labute approximate surface area is 192 Å². The summed E-state index contributed by atoms with van der Waals surface area (Å²) in [6.07, 6.45) is 9.61. The van der Waals surface area contributed by atoms with Crippen LogP contribution >= 0.6 is 0 Å². The van der Waals surface area contributed by atoms with Crippen molar-refractivity contribution in [2.45, 2.75) is 25.3 Å². The summed E-state index contributed by atoms with van der Waals surface area (Å²) in [5.74, 6) is 1.32. The molecule has 1 aromatic carbocycles. The van der Waals surface area contributed by atoms with E-state index in [-0.39, 0.29) is 11.9 Å². The van der Waals surface area contributed by atoms with Gasteiger partial charge in [-0.25, -0.2) is 9.97 Å². The van der Waals surface area contributed by atoms with E-state index in [4.69, 9.17) is 9.97 Å². The van der Waals surface area contributed by atoms with Crippen LogP contribution in [0.1, 0.15) is 41.5 Å². The molecule has 1 fully saturated rings. The molecular formula is C26H24N6O. The zero-order valence-corrected chi connectivity index (χ0v) is 18.1. The first-order chi connectivity index (χ1) is 16.3. The molecule has 0 spiro atoms. The van der Waals surface area contributed by atoms with Crippen molar-refractivity contribution in [1.29, 1.82) is 0 Å². The third-order valence-electron chi connectivity index (χ3n) is 5.75. The molecule has 1 aliphatic rings. The lowest BCUT2D eigenvalue weighted by molar-refractivity contribution is 0.0600. The topological polar surface area (TPSA) is 83.9 Å². The number of carbonyl (C=O) groups is 1. The maximum absolute atomic E-state index is 13.3. The minimum absolute atomic E-state index is 0.0161. The second-order valence-corrected chi connectivity index (χ2v) is 7.97. The Morgan fingerprint density at radius 3 is 2.36 bits per heavy atom. The van der Waals surface area contributed by atoms with Crippen molar-refractivity contribution >= 4 is 17.4 Å². The first-order valence-corrected chi connectivity index (χ1v) is 11.1. The molecule has 164 valence electrons. The van der Waals surface area contributed by atoms with E-state index in [0.717, 1.165) is 36.2 Å². The molecule has 33 heavy (non-hydrogen) atoms. The highest BCUT2D eigenvalue weighted by Crippen LogP contribution is 2.33. The Hall–Kier alpha value is -4.13. The minimum Gasteiger partial charge on any atom is -0.340 e. The Morgan fingerprint density at radius 2 is 1.61 bits per heavy atom. The second-order valence-electron chi connectivity index (χ2n) is 7.97.